The fourth-order valence-electron chi connectivity index (χ4n) is 9.06. The van der Waals surface area contributed by atoms with Crippen molar-refractivity contribution in [3.05, 3.63) is 29.8 Å². The van der Waals surface area contributed by atoms with Gasteiger partial charge < -0.3 is 10.0 Å². The van der Waals surface area contributed by atoms with E-state index in [0.717, 1.165) is 48.8 Å². The third kappa shape index (κ3) is 3.81. The zero-order valence-electron chi connectivity index (χ0n) is 21.9. The molecular weight excluding hydrogens is 418 g/mol. The van der Waals surface area contributed by atoms with E-state index >= 15 is 0 Å². The minimum atomic E-state index is -0.868. The van der Waals surface area contributed by atoms with Gasteiger partial charge >= 0.3 is 0 Å². The van der Waals surface area contributed by atoms with Gasteiger partial charge in [-0.3, -0.25) is 4.79 Å². The summed E-state index contributed by atoms with van der Waals surface area (Å²) in [6.45, 7) is 6.78. The van der Waals surface area contributed by atoms with Gasteiger partial charge in [-0.25, -0.2) is 0 Å². The average molecular weight is 462 g/mol. The second-order valence-electron chi connectivity index (χ2n) is 12.9. The Bertz CT molecular complexity index is 1000. The number of carbonyl (C=O) groups excluding carboxylic acids is 1. The molecule has 4 fully saturated rings. The number of fused-ring (bicyclic) bond motifs is 5. The molecule has 0 spiro atoms. The average Bonchev–Trinajstić information content (AvgIpc) is 3.16. The highest BCUT2D eigenvalue weighted by Crippen LogP contribution is 2.68. The summed E-state index contributed by atoms with van der Waals surface area (Å²) in [7, 11) is 4.08. The van der Waals surface area contributed by atoms with Gasteiger partial charge in [0.05, 0.1) is 0 Å². The number of benzene rings is 1. The van der Waals surface area contributed by atoms with E-state index in [9.17, 15) is 9.90 Å². The van der Waals surface area contributed by atoms with Gasteiger partial charge in [-0.2, -0.15) is 0 Å². The van der Waals surface area contributed by atoms with Crippen molar-refractivity contribution in [2.75, 3.05) is 19.0 Å². The van der Waals surface area contributed by atoms with Crippen LogP contribution in [0.25, 0.3) is 0 Å². The fourth-order valence-corrected chi connectivity index (χ4v) is 9.06. The molecular formula is C31H43NO2. The molecule has 0 unspecified atom stereocenters. The summed E-state index contributed by atoms with van der Waals surface area (Å²) in [6.07, 6.45) is 9.95. The molecule has 0 amide bonds. The van der Waals surface area contributed by atoms with Crippen LogP contribution in [0.4, 0.5) is 5.69 Å². The number of aliphatic hydroxyl groups is 1. The Morgan fingerprint density at radius 2 is 1.65 bits per heavy atom. The number of hydrogen-bond donors (Lipinski definition) is 1. The number of carbonyl (C=O) groups is 1. The van der Waals surface area contributed by atoms with Gasteiger partial charge in [0.25, 0.3) is 0 Å². The zero-order valence-corrected chi connectivity index (χ0v) is 21.9. The highest BCUT2D eigenvalue weighted by atomic mass is 16.3. The molecule has 0 bridgehead atoms. The number of ketones is 1. The molecule has 0 heterocycles. The van der Waals surface area contributed by atoms with Crippen LogP contribution in [-0.4, -0.2) is 30.6 Å². The predicted molar refractivity (Wildman–Crippen MR) is 138 cm³/mol. The van der Waals surface area contributed by atoms with Crippen molar-refractivity contribution in [1.29, 1.82) is 0 Å². The molecule has 4 aliphatic rings. The molecule has 34 heavy (non-hydrogen) atoms. The summed E-state index contributed by atoms with van der Waals surface area (Å²) < 4.78 is 0. The van der Waals surface area contributed by atoms with Gasteiger partial charge in [0, 0.05) is 31.3 Å². The lowest BCUT2D eigenvalue weighted by atomic mass is 9.44. The number of anilines is 1. The topological polar surface area (TPSA) is 40.5 Å². The Balaban J connectivity index is 1.31. The van der Waals surface area contributed by atoms with Gasteiger partial charge in [-0.15, -0.1) is 0 Å². The number of rotatable bonds is 2. The van der Waals surface area contributed by atoms with Crippen molar-refractivity contribution in [3.8, 4) is 11.8 Å². The lowest BCUT2D eigenvalue weighted by Crippen LogP contribution is -2.56. The van der Waals surface area contributed by atoms with E-state index in [0.29, 0.717) is 23.0 Å². The minimum absolute atomic E-state index is 0.221. The molecule has 184 valence electrons. The first-order valence-corrected chi connectivity index (χ1v) is 13.6. The minimum Gasteiger partial charge on any atom is -0.378 e. The maximum atomic E-state index is 12.4. The SMILES string of the molecule is CC(=O)[C@H]1CC[C@H]2[C@@H]3CC[C@@H]4C[C@@](O)(C#Cc5ccc(N(C)C)cc5)CC[C@]4(C)[C@H]3CC[C@]12C. The van der Waals surface area contributed by atoms with Crippen LogP contribution in [0.2, 0.25) is 0 Å². The third-order valence-corrected chi connectivity index (χ3v) is 11.0. The van der Waals surface area contributed by atoms with E-state index in [-0.39, 0.29) is 11.3 Å². The van der Waals surface area contributed by atoms with E-state index in [1.54, 1.807) is 0 Å². The third-order valence-electron chi connectivity index (χ3n) is 11.0. The first kappa shape index (κ1) is 23.9. The summed E-state index contributed by atoms with van der Waals surface area (Å²) in [5, 5.41) is 11.5. The zero-order chi connectivity index (χ0) is 24.3. The molecule has 0 radical (unpaired) electrons. The number of hydrogen-bond acceptors (Lipinski definition) is 3. The smallest absolute Gasteiger partial charge is 0.133 e. The van der Waals surface area contributed by atoms with E-state index in [1.165, 1.54) is 32.1 Å². The molecule has 0 aliphatic heterocycles. The van der Waals surface area contributed by atoms with Crippen LogP contribution in [0.3, 0.4) is 0 Å². The van der Waals surface area contributed by atoms with Crippen molar-refractivity contribution in [2.24, 2.45) is 40.4 Å². The second-order valence-corrected chi connectivity index (χ2v) is 12.9. The Labute approximate surface area is 206 Å². The van der Waals surface area contributed by atoms with Crippen molar-refractivity contribution >= 4 is 11.5 Å². The Hall–Kier alpha value is -1.79. The van der Waals surface area contributed by atoms with Crippen LogP contribution in [0.1, 0.15) is 84.1 Å². The molecule has 3 nitrogen and oxygen atoms in total. The van der Waals surface area contributed by atoms with Crippen molar-refractivity contribution in [3.63, 3.8) is 0 Å². The lowest BCUT2D eigenvalue weighted by molar-refractivity contribution is -0.144. The van der Waals surface area contributed by atoms with Crippen LogP contribution in [-0.2, 0) is 4.79 Å². The van der Waals surface area contributed by atoms with E-state index < -0.39 is 5.60 Å². The maximum Gasteiger partial charge on any atom is 0.133 e. The summed E-state index contributed by atoms with van der Waals surface area (Å²) in [4.78, 5) is 14.5. The van der Waals surface area contributed by atoms with Crippen LogP contribution < -0.4 is 4.90 Å². The van der Waals surface area contributed by atoms with E-state index in [2.05, 4.69) is 54.9 Å². The molecule has 4 saturated carbocycles. The summed E-state index contributed by atoms with van der Waals surface area (Å²) in [5.74, 6) is 10.0. The highest BCUT2D eigenvalue weighted by Gasteiger charge is 2.61. The first-order valence-electron chi connectivity index (χ1n) is 13.6. The lowest BCUT2D eigenvalue weighted by Gasteiger charge is -2.61. The number of nitrogens with zero attached hydrogens (tertiary/aromatic N) is 1. The molecule has 1 N–H and O–H groups in total. The van der Waals surface area contributed by atoms with Crippen molar-refractivity contribution in [1.82, 2.24) is 0 Å². The first-order chi connectivity index (χ1) is 16.1. The Morgan fingerprint density at radius 1 is 0.941 bits per heavy atom. The normalized spacial score (nSPS) is 43.1. The van der Waals surface area contributed by atoms with Crippen LogP contribution in [0, 0.1) is 52.3 Å². The molecule has 3 heteroatoms. The van der Waals surface area contributed by atoms with Crippen molar-refractivity contribution < 1.29 is 9.90 Å². The Kier molecular flexibility index (Phi) is 5.92. The van der Waals surface area contributed by atoms with Gasteiger partial charge in [-0.05, 0) is 123 Å². The van der Waals surface area contributed by atoms with Gasteiger partial charge in [0.15, 0.2) is 0 Å². The summed E-state index contributed by atoms with van der Waals surface area (Å²) in [5.41, 5.74) is 1.80. The Morgan fingerprint density at radius 3 is 2.32 bits per heavy atom. The van der Waals surface area contributed by atoms with Crippen LogP contribution >= 0.6 is 0 Å². The van der Waals surface area contributed by atoms with Crippen molar-refractivity contribution in [2.45, 2.75) is 84.2 Å². The quantitative estimate of drug-likeness (QED) is 0.542. The molecule has 1 aromatic rings. The maximum absolute atomic E-state index is 12.4. The second kappa shape index (κ2) is 8.41. The van der Waals surface area contributed by atoms with Gasteiger partial charge in [0.1, 0.15) is 11.4 Å². The molecule has 0 saturated heterocycles. The number of Topliss-reactive ketones (excluding diaryl/α,β-unsaturated/α-hetero) is 1. The predicted octanol–water partition coefficient (Wildman–Crippen LogP) is 6.08. The fraction of sp³-hybridized carbons (Fsp3) is 0.710. The highest BCUT2D eigenvalue weighted by molar-refractivity contribution is 5.79. The summed E-state index contributed by atoms with van der Waals surface area (Å²) in [6, 6.07) is 8.28. The molecule has 8 atom stereocenters. The molecule has 5 rings (SSSR count). The van der Waals surface area contributed by atoms with Crippen LogP contribution in [0.15, 0.2) is 24.3 Å². The molecule has 0 aromatic heterocycles. The summed E-state index contributed by atoms with van der Waals surface area (Å²) >= 11 is 0. The molecule has 1 aromatic carbocycles. The molecule has 4 aliphatic carbocycles. The standard InChI is InChI=1S/C31H43NO2/c1-21(33)26-12-13-27-25-11-8-23-20-31(34,17-14-22-6-9-24(10-7-22)32(4)5)19-18-29(23,2)28(25)15-16-30(26,27)3/h6-7,9-10,23,25-28,34H,8,11-13,15-16,18-20H2,1-5H3/t23-,25+,26-,27+,28+,29+,30-,31-/m1/s1. The van der Waals surface area contributed by atoms with Gasteiger partial charge in [-0.1, -0.05) is 25.7 Å². The van der Waals surface area contributed by atoms with E-state index in [1.807, 2.05) is 21.0 Å². The van der Waals surface area contributed by atoms with E-state index in [4.69, 9.17) is 0 Å². The van der Waals surface area contributed by atoms with Crippen LogP contribution in [0.5, 0.6) is 0 Å². The van der Waals surface area contributed by atoms with Gasteiger partial charge in [0.2, 0.25) is 0 Å². The largest absolute Gasteiger partial charge is 0.378 e. The monoisotopic (exact) mass is 461 g/mol.